The van der Waals surface area contributed by atoms with E-state index in [2.05, 4.69) is 50.4 Å². The highest BCUT2D eigenvalue weighted by Gasteiger charge is 2.36. The van der Waals surface area contributed by atoms with Crippen LogP contribution in [0.4, 0.5) is 13.2 Å². The predicted molar refractivity (Wildman–Crippen MR) is 105 cm³/mol. The summed E-state index contributed by atoms with van der Waals surface area (Å²) in [7, 11) is -4.08. The minimum atomic E-state index is -6.09. The normalized spacial score (nSPS) is 12.7. The van der Waals surface area contributed by atoms with E-state index in [1.54, 1.807) is 7.11 Å². The molecule has 0 aliphatic heterocycles. The topological polar surface area (TPSA) is 66.4 Å². The summed E-state index contributed by atoms with van der Waals surface area (Å²) in [5, 5.41) is 0. The predicted octanol–water partition coefficient (Wildman–Crippen LogP) is 4.21. The molecule has 2 rings (SSSR count). The number of ether oxygens (including phenoxy) is 1. The lowest BCUT2D eigenvalue weighted by molar-refractivity contribution is -0.0517. The molecule has 0 aromatic heterocycles. The van der Waals surface area contributed by atoms with Crippen molar-refractivity contribution in [3.05, 3.63) is 59.2 Å². The minimum Gasteiger partial charge on any atom is -0.741 e. The molecule has 156 valence electrons. The summed E-state index contributed by atoms with van der Waals surface area (Å²) in [4.78, 5) is 1.48. The third kappa shape index (κ3) is 8.12. The SMILES string of the molecule is COc1ccc(CC[S+](C)c2cc(C)cc(C)c2)cc1.O=S(=O)([O-])C(F)(F)F. The van der Waals surface area contributed by atoms with Crippen LogP contribution in [0.3, 0.4) is 0 Å². The lowest BCUT2D eigenvalue weighted by Crippen LogP contribution is -2.21. The highest BCUT2D eigenvalue weighted by molar-refractivity contribution is 7.96. The Hall–Kier alpha value is -1.71. The van der Waals surface area contributed by atoms with Crippen LogP contribution in [0.5, 0.6) is 5.75 Å². The van der Waals surface area contributed by atoms with Crippen LogP contribution >= 0.6 is 0 Å². The molecule has 0 heterocycles. The van der Waals surface area contributed by atoms with Gasteiger partial charge in [-0.3, -0.25) is 0 Å². The Morgan fingerprint density at radius 1 is 1.04 bits per heavy atom. The van der Waals surface area contributed by atoms with Crippen LogP contribution in [-0.2, 0) is 27.4 Å². The van der Waals surface area contributed by atoms with E-state index >= 15 is 0 Å². The molecule has 0 aliphatic rings. The molecule has 0 bridgehead atoms. The van der Waals surface area contributed by atoms with E-state index in [0.29, 0.717) is 10.9 Å². The zero-order chi connectivity index (χ0) is 21.5. The molecule has 0 amide bonds. The molecule has 0 aliphatic carbocycles. The zero-order valence-corrected chi connectivity index (χ0v) is 17.7. The Labute approximate surface area is 166 Å². The van der Waals surface area contributed by atoms with E-state index < -0.39 is 15.6 Å². The molecule has 4 nitrogen and oxygen atoms in total. The summed E-state index contributed by atoms with van der Waals surface area (Å²) in [6.07, 6.45) is 3.47. The second kappa shape index (κ2) is 10.2. The molecule has 9 heteroatoms. The summed E-state index contributed by atoms with van der Waals surface area (Å²) >= 11 is 0. The van der Waals surface area contributed by atoms with Crippen molar-refractivity contribution in [1.82, 2.24) is 0 Å². The first-order valence-corrected chi connectivity index (χ1v) is 11.4. The second-order valence-corrected chi connectivity index (χ2v) is 9.69. The number of aryl methyl sites for hydroxylation is 3. The molecule has 0 N–H and O–H groups in total. The van der Waals surface area contributed by atoms with E-state index in [9.17, 15) is 13.2 Å². The summed E-state index contributed by atoms with van der Waals surface area (Å²) < 4.78 is 64.1. The Bertz CT molecular complexity index is 843. The molecular weight excluding hydrogens is 413 g/mol. The smallest absolute Gasteiger partial charge is 0.485 e. The van der Waals surface area contributed by atoms with Gasteiger partial charge in [-0.25, -0.2) is 8.42 Å². The third-order valence-electron chi connectivity index (χ3n) is 3.74. The first-order chi connectivity index (χ1) is 12.8. The molecule has 0 spiro atoms. The van der Waals surface area contributed by atoms with Gasteiger partial charge in [-0.15, -0.1) is 0 Å². The molecule has 2 aromatic carbocycles. The molecule has 1 unspecified atom stereocenters. The Morgan fingerprint density at radius 2 is 1.50 bits per heavy atom. The average Bonchev–Trinajstić information content (AvgIpc) is 2.58. The maximum Gasteiger partial charge on any atom is 0.485 e. The summed E-state index contributed by atoms with van der Waals surface area (Å²) in [5.41, 5.74) is -1.53. The van der Waals surface area contributed by atoms with E-state index in [-0.39, 0.29) is 0 Å². The van der Waals surface area contributed by atoms with Crippen molar-refractivity contribution in [1.29, 1.82) is 0 Å². The van der Waals surface area contributed by atoms with Crippen molar-refractivity contribution in [3.8, 4) is 5.75 Å². The Balaban J connectivity index is 0.000000416. The van der Waals surface area contributed by atoms with Gasteiger partial charge in [-0.2, -0.15) is 13.2 Å². The van der Waals surface area contributed by atoms with Crippen LogP contribution in [0.2, 0.25) is 0 Å². The van der Waals surface area contributed by atoms with Crippen LogP contribution in [-0.4, -0.2) is 37.6 Å². The largest absolute Gasteiger partial charge is 0.741 e. The maximum atomic E-state index is 10.7. The fourth-order valence-electron chi connectivity index (χ4n) is 2.32. The van der Waals surface area contributed by atoms with Gasteiger partial charge in [0.1, 0.15) is 17.8 Å². The minimum absolute atomic E-state index is 0.307. The van der Waals surface area contributed by atoms with Crippen molar-refractivity contribution in [3.63, 3.8) is 0 Å². The fraction of sp³-hybridized carbons (Fsp3) is 0.368. The number of methoxy groups -OCH3 is 1. The van der Waals surface area contributed by atoms with Gasteiger partial charge in [-0.1, -0.05) is 18.2 Å². The quantitative estimate of drug-likeness (QED) is 0.400. The van der Waals surface area contributed by atoms with Gasteiger partial charge in [0, 0.05) is 17.3 Å². The highest BCUT2D eigenvalue weighted by atomic mass is 32.2. The van der Waals surface area contributed by atoms with E-state index in [4.69, 9.17) is 17.7 Å². The van der Waals surface area contributed by atoms with Crippen LogP contribution in [0.25, 0.3) is 0 Å². The fourth-order valence-corrected chi connectivity index (χ4v) is 3.87. The highest BCUT2D eigenvalue weighted by Crippen LogP contribution is 2.20. The van der Waals surface area contributed by atoms with Crippen LogP contribution < -0.4 is 4.74 Å². The molecule has 0 saturated carbocycles. The van der Waals surface area contributed by atoms with Crippen LogP contribution in [0.1, 0.15) is 16.7 Å². The standard InChI is InChI=1S/C18H23OS.CHF3O3S/c1-14-11-15(2)13-18(12-14)20(4)10-9-16-5-7-17(19-3)8-6-16;2-1(3,4)8(5,6)7/h5-8,11-13H,9-10H2,1-4H3;(H,5,6,7)/q+1;/p-1. The van der Waals surface area contributed by atoms with Gasteiger partial charge in [-0.05, 0) is 54.8 Å². The van der Waals surface area contributed by atoms with Crippen LogP contribution in [0, 0.1) is 13.8 Å². The first-order valence-electron chi connectivity index (χ1n) is 8.19. The lowest BCUT2D eigenvalue weighted by Gasteiger charge is -2.08. The number of rotatable bonds is 5. The molecule has 1 atom stereocenters. The summed E-state index contributed by atoms with van der Waals surface area (Å²) in [6.45, 7) is 4.36. The van der Waals surface area contributed by atoms with Crippen molar-refractivity contribution < 1.29 is 30.9 Å². The number of halogens is 3. The van der Waals surface area contributed by atoms with Crippen molar-refractivity contribution in [2.75, 3.05) is 19.1 Å². The number of hydrogen-bond acceptors (Lipinski definition) is 4. The molecule has 0 fully saturated rings. The molecule has 0 saturated heterocycles. The van der Waals surface area contributed by atoms with Gasteiger partial charge < -0.3 is 9.29 Å². The van der Waals surface area contributed by atoms with Crippen LogP contribution in [0.15, 0.2) is 47.4 Å². The third-order valence-corrected chi connectivity index (χ3v) is 6.16. The monoisotopic (exact) mass is 436 g/mol. The first kappa shape index (κ1) is 24.3. The molecule has 0 radical (unpaired) electrons. The number of alkyl halides is 3. The second-order valence-electron chi connectivity index (χ2n) is 6.16. The Morgan fingerprint density at radius 3 is 1.89 bits per heavy atom. The number of hydrogen-bond donors (Lipinski definition) is 0. The number of benzene rings is 2. The molecule has 28 heavy (non-hydrogen) atoms. The van der Waals surface area contributed by atoms with Gasteiger partial charge in [0.05, 0.1) is 7.11 Å². The Kier molecular flexibility index (Phi) is 8.84. The van der Waals surface area contributed by atoms with Crippen molar-refractivity contribution in [2.24, 2.45) is 0 Å². The van der Waals surface area contributed by atoms with E-state index in [1.165, 1.54) is 27.3 Å². The van der Waals surface area contributed by atoms with E-state index in [1.807, 2.05) is 12.1 Å². The van der Waals surface area contributed by atoms with Gasteiger partial charge in [0.25, 0.3) is 0 Å². The lowest BCUT2D eigenvalue weighted by atomic mass is 10.2. The maximum absolute atomic E-state index is 10.7. The van der Waals surface area contributed by atoms with E-state index in [0.717, 1.165) is 12.2 Å². The molecule has 2 aromatic rings. The van der Waals surface area contributed by atoms with Gasteiger partial charge in [0.15, 0.2) is 15.0 Å². The molecular formula is C19H23F3O4S2. The van der Waals surface area contributed by atoms with Crippen molar-refractivity contribution in [2.45, 2.75) is 30.7 Å². The average molecular weight is 437 g/mol. The van der Waals surface area contributed by atoms with Gasteiger partial charge in [0.2, 0.25) is 0 Å². The van der Waals surface area contributed by atoms with Gasteiger partial charge >= 0.3 is 5.51 Å². The van der Waals surface area contributed by atoms with Crippen molar-refractivity contribution >= 4 is 21.0 Å². The summed E-state index contributed by atoms with van der Waals surface area (Å²) in [5.74, 6) is 2.13. The summed E-state index contributed by atoms with van der Waals surface area (Å²) in [6, 6.07) is 15.3. The zero-order valence-electron chi connectivity index (χ0n) is 16.0.